The van der Waals surface area contributed by atoms with Gasteiger partial charge in [-0.25, -0.2) is 4.98 Å². The number of phenols is 2. The fourth-order valence-electron chi connectivity index (χ4n) is 2.86. The third-order valence-corrected chi connectivity index (χ3v) is 4.58. The third kappa shape index (κ3) is 5.75. The van der Waals surface area contributed by atoms with E-state index in [4.69, 9.17) is 9.47 Å². The molecule has 1 aromatic heterocycles. The molecular weight excluding hydrogens is 398 g/mol. The highest BCUT2D eigenvalue weighted by Gasteiger charge is 2.16. The molecule has 8 nitrogen and oxygen atoms in total. The molecule has 31 heavy (non-hydrogen) atoms. The molecule has 1 heterocycles. The first kappa shape index (κ1) is 22.1. The van der Waals surface area contributed by atoms with Gasteiger partial charge in [0.1, 0.15) is 23.0 Å². The van der Waals surface area contributed by atoms with Gasteiger partial charge < -0.3 is 24.8 Å². The van der Waals surface area contributed by atoms with Crippen molar-refractivity contribution in [2.45, 2.75) is 39.5 Å². The number of benzene rings is 2. The summed E-state index contributed by atoms with van der Waals surface area (Å²) < 4.78 is 11.2. The normalized spacial score (nSPS) is 10.8. The molecule has 0 amide bonds. The maximum absolute atomic E-state index is 10.4. The Labute approximate surface area is 181 Å². The quantitative estimate of drug-likeness (QED) is 0.401. The van der Waals surface area contributed by atoms with Crippen LogP contribution in [0.3, 0.4) is 0 Å². The lowest BCUT2D eigenvalue weighted by Gasteiger charge is -2.11. The number of nitrogens with zero attached hydrogens (tertiary/aromatic N) is 3. The summed E-state index contributed by atoms with van der Waals surface area (Å²) in [6.45, 7) is 5.26. The molecule has 3 aromatic rings. The lowest BCUT2D eigenvalue weighted by molar-refractivity contribution is 0.307. The van der Waals surface area contributed by atoms with E-state index in [0.717, 1.165) is 25.7 Å². The van der Waals surface area contributed by atoms with Gasteiger partial charge in [-0.3, -0.25) is 0 Å². The molecule has 0 atom stereocenters. The lowest BCUT2D eigenvalue weighted by atomic mass is 10.1. The van der Waals surface area contributed by atoms with E-state index >= 15 is 0 Å². The zero-order valence-corrected chi connectivity index (χ0v) is 17.7. The third-order valence-electron chi connectivity index (χ3n) is 4.58. The molecule has 0 aliphatic rings. The largest absolute Gasteiger partial charge is 0.507 e. The Hall–Kier alpha value is -3.55. The molecule has 0 fully saturated rings. The number of ether oxygens (including phenoxy) is 2. The summed E-state index contributed by atoms with van der Waals surface area (Å²) in [7, 11) is 0. The highest BCUT2D eigenvalue weighted by molar-refractivity contribution is 5.70. The van der Waals surface area contributed by atoms with Gasteiger partial charge >= 0.3 is 6.01 Å². The molecule has 0 radical (unpaired) electrons. The minimum Gasteiger partial charge on any atom is -0.507 e. The van der Waals surface area contributed by atoms with Crippen LogP contribution in [0.25, 0.3) is 22.8 Å². The Morgan fingerprint density at radius 3 is 1.52 bits per heavy atom. The van der Waals surface area contributed by atoms with Crippen molar-refractivity contribution in [2.24, 2.45) is 0 Å². The van der Waals surface area contributed by atoms with Crippen molar-refractivity contribution in [3.05, 3.63) is 36.4 Å². The minimum atomic E-state index is -0.523. The average Bonchev–Trinajstić information content (AvgIpc) is 2.74. The molecule has 0 bridgehead atoms. The molecular formula is C23H27N3O5. The lowest BCUT2D eigenvalue weighted by Crippen LogP contribution is -1.99. The fourth-order valence-corrected chi connectivity index (χ4v) is 2.86. The number of aromatic hydroxyl groups is 3. The molecule has 3 N–H and O–H groups in total. The van der Waals surface area contributed by atoms with Gasteiger partial charge in [-0.1, -0.05) is 26.7 Å². The summed E-state index contributed by atoms with van der Waals surface area (Å²) >= 11 is 0. The molecule has 0 spiro atoms. The van der Waals surface area contributed by atoms with Crippen LogP contribution in [0.4, 0.5) is 0 Å². The van der Waals surface area contributed by atoms with Crippen LogP contribution in [-0.2, 0) is 0 Å². The van der Waals surface area contributed by atoms with Crippen molar-refractivity contribution in [1.82, 2.24) is 15.0 Å². The van der Waals surface area contributed by atoms with Gasteiger partial charge in [0.15, 0.2) is 11.6 Å². The highest BCUT2D eigenvalue weighted by Crippen LogP contribution is 2.35. The summed E-state index contributed by atoms with van der Waals surface area (Å²) in [5, 5.41) is 30.9. The molecule has 0 saturated heterocycles. The molecule has 0 aliphatic heterocycles. The summed E-state index contributed by atoms with van der Waals surface area (Å²) in [6, 6.07) is 9.05. The standard InChI is InChI=1S/C23H27N3O5/c1-3-5-11-30-15-7-9-17(19(27)13-15)21-24-22(26-23(29)25-21)18-10-8-16(14-20(18)28)31-12-6-4-2/h7-10,13-14,27-28H,3-6,11-12H2,1-2H3,(H,24,25,26,29). The fraction of sp³-hybridized carbons (Fsp3) is 0.348. The topological polar surface area (TPSA) is 118 Å². The van der Waals surface area contributed by atoms with Gasteiger partial charge in [0, 0.05) is 12.1 Å². The van der Waals surface area contributed by atoms with E-state index in [9.17, 15) is 15.3 Å². The van der Waals surface area contributed by atoms with E-state index in [1.807, 2.05) is 0 Å². The predicted molar refractivity (Wildman–Crippen MR) is 116 cm³/mol. The summed E-state index contributed by atoms with van der Waals surface area (Å²) in [4.78, 5) is 12.2. The van der Waals surface area contributed by atoms with Crippen molar-refractivity contribution < 1.29 is 24.8 Å². The van der Waals surface area contributed by atoms with E-state index < -0.39 is 6.01 Å². The van der Waals surface area contributed by atoms with Crippen molar-refractivity contribution in [1.29, 1.82) is 0 Å². The minimum absolute atomic E-state index is 0.0720. The van der Waals surface area contributed by atoms with Crippen LogP contribution < -0.4 is 9.47 Å². The van der Waals surface area contributed by atoms with Crippen LogP contribution in [0.1, 0.15) is 39.5 Å². The van der Waals surface area contributed by atoms with Gasteiger partial charge in [-0.05, 0) is 37.1 Å². The van der Waals surface area contributed by atoms with Gasteiger partial charge in [0.25, 0.3) is 0 Å². The summed E-state index contributed by atoms with van der Waals surface area (Å²) in [5.41, 5.74) is 0.613. The first-order valence-electron chi connectivity index (χ1n) is 10.4. The van der Waals surface area contributed by atoms with Gasteiger partial charge in [-0.2, -0.15) is 9.97 Å². The van der Waals surface area contributed by atoms with Crippen LogP contribution in [-0.4, -0.2) is 43.5 Å². The van der Waals surface area contributed by atoms with Gasteiger partial charge in [-0.15, -0.1) is 0 Å². The molecule has 164 valence electrons. The molecule has 0 aliphatic carbocycles. The summed E-state index contributed by atoms with van der Waals surface area (Å²) in [6.07, 6.45) is 3.85. The predicted octanol–water partition coefficient (Wildman–Crippen LogP) is 4.68. The first-order chi connectivity index (χ1) is 15.0. The Kier molecular flexibility index (Phi) is 7.48. The molecule has 2 aromatic carbocycles. The summed E-state index contributed by atoms with van der Waals surface area (Å²) in [5.74, 6) is 1.03. The van der Waals surface area contributed by atoms with E-state index in [2.05, 4.69) is 28.8 Å². The van der Waals surface area contributed by atoms with Crippen molar-refractivity contribution >= 4 is 0 Å². The molecule has 8 heteroatoms. The van der Waals surface area contributed by atoms with Crippen LogP contribution in [0.2, 0.25) is 0 Å². The molecule has 3 rings (SSSR count). The Morgan fingerprint density at radius 2 is 1.13 bits per heavy atom. The number of aromatic nitrogens is 3. The first-order valence-corrected chi connectivity index (χ1v) is 10.4. The number of unbranched alkanes of at least 4 members (excludes halogenated alkanes) is 2. The number of hydrogen-bond acceptors (Lipinski definition) is 8. The SMILES string of the molecule is CCCCOc1ccc(-c2nc(O)nc(-c3ccc(OCCCC)cc3O)n2)c(O)c1. The zero-order chi connectivity index (χ0) is 22.2. The molecule has 0 saturated carbocycles. The van der Waals surface area contributed by atoms with Gasteiger partial charge in [0.05, 0.1) is 24.3 Å². The van der Waals surface area contributed by atoms with Crippen LogP contribution in [0, 0.1) is 0 Å². The average molecular weight is 425 g/mol. The number of phenolic OH excluding ortho intramolecular Hbond substituents is 2. The maximum Gasteiger partial charge on any atom is 0.318 e. The maximum atomic E-state index is 10.4. The second kappa shape index (κ2) is 10.5. The van der Waals surface area contributed by atoms with Crippen molar-refractivity contribution in [2.75, 3.05) is 13.2 Å². The Balaban J connectivity index is 1.87. The Bertz CT molecular complexity index is 948. The van der Waals surface area contributed by atoms with Crippen molar-refractivity contribution in [3.8, 4) is 51.8 Å². The van der Waals surface area contributed by atoms with E-state index in [-0.39, 0.29) is 23.1 Å². The number of rotatable bonds is 10. The van der Waals surface area contributed by atoms with Crippen molar-refractivity contribution in [3.63, 3.8) is 0 Å². The van der Waals surface area contributed by atoms with E-state index in [1.165, 1.54) is 12.1 Å². The Morgan fingerprint density at radius 1 is 0.677 bits per heavy atom. The highest BCUT2D eigenvalue weighted by atomic mass is 16.5. The second-order valence-corrected chi connectivity index (χ2v) is 7.04. The second-order valence-electron chi connectivity index (χ2n) is 7.04. The number of hydrogen-bond donors (Lipinski definition) is 3. The zero-order valence-electron chi connectivity index (χ0n) is 17.7. The van der Waals surface area contributed by atoms with E-state index in [1.54, 1.807) is 24.3 Å². The molecule has 0 unspecified atom stereocenters. The van der Waals surface area contributed by atoms with Crippen LogP contribution in [0.15, 0.2) is 36.4 Å². The smallest absolute Gasteiger partial charge is 0.318 e. The van der Waals surface area contributed by atoms with E-state index in [0.29, 0.717) is 35.8 Å². The van der Waals surface area contributed by atoms with Crippen LogP contribution in [0.5, 0.6) is 29.0 Å². The monoisotopic (exact) mass is 425 g/mol. The van der Waals surface area contributed by atoms with Gasteiger partial charge in [0.2, 0.25) is 0 Å². The van der Waals surface area contributed by atoms with Crippen LogP contribution >= 0.6 is 0 Å².